The van der Waals surface area contributed by atoms with Crippen LogP contribution in [0, 0.1) is 0 Å². The third-order valence-electron chi connectivity index (χ3n) is 2.95. The fraction of sp³-hybridized carbons (Fsp3) is 0.188. The highest BCUT2D eigenvalue weighted by Crippen LogP contribution is 2.37. The summed E-state index contributed by atoms with van der Waals surface area (Å²) in [7, 11) is 1.16. The van der Waals surface area contributed by atoms with E-state index in [0.717, 1.165) is 30.9 Å². The van der Waals surface area contributed by atoms with Crippen molar-refractivity contribution in [1.82, 2.24) is 0 Å². The molecule has 0 fully saturated rings. The predicted molar refractivity (Wildman–Crippen MR) is 73.6 cm³/mol. The minimum Gasteiger partial charge on any atom is -0.488 e. The molecular weight excluding hydrogens is 297 g/mol. The lowest BCUT2D eigenvalue weighted by Gasteiger charge is -2.15. The predicted octanol–water partition coefficient (Wildman–Crippen LogP) is 4.07. The van der Waals surface area contributed by atoms with E-state index < -0.39 is 23.5 Å². The zero-order chi connectivity index (χ0) is 16.2. The number of hydrogen-bond acceptors (Lipinski definition) is 3. The van der Waals surface area contributed by atoms with Gasteiger partial charge in [-0.05, 0) is 23.8 Å². The number of methoxy groups -OCH3 is 1. The van der Waals surface area contributed by atoms with E-state index in [9.17, 15) is 18.0 Å². The standard InChI is InChI=1S/C16H13F3O3/c1-21-15(20)12-7-8-13(16(17,18)19)14(9-12)22-10-11-5-3-2-4-6-11/h2-9H,10H2,1H3. The zero-order valence-corrected chi connectivity index (χ0v) is 11.7. The van der Waals surface area contributed by atoms with Crippen molar-refractivity contribution >= 4 is 5.97 Å². The monoisotopic (exact) mass is 310 g/mol. The fourth-order valence-electron chi connectivity index (χ4n) is 1.86. The Hall–Kier alpha value is -2.50. The molecule has 0 aliphatic rings. The smallest absolute Gasteiger partial charge is 0.419 e. The molecule has 0 spiro atoms. The van der Waals surface area contributed by atoms with Crippen molar-refractivity contribution < 1.29 is 27.4 Å². The normalized spacial score (nSPS) is 11.1. The van der Waals surface area contributed by atoms with Crippen molar-refractivity contribution in [3.8, 4) is 5.75 Å². The van der Waals surface area contributed by atoms with Gasteiger partial charge in [0.1, 0.15) is 12.4 Å². The van der Waals surface area contributed by atoms with Gasteiger partial charge >= 0.3 is 12.1 Å². The SMILES string of the molecule is COC(=O)c1ccc(C(F)(F)F)c(OCc2ccccc2)c1. The molecular formula is C16H13F3O3. The van der Waals surface area contributed by atoms with Crippen molar-refractivity contribution in [3.63, 3.8) is 0 Å². The van der Waals surface area contributed by atoms with E-state index in [2.05, 4.69) is 4.74 Å². The van der Waals surface area contributed by atoms with Crippen molar-refractivity contribution in [2.75, 3.05) is 7.11 Å². The largest absolute Gasteiger partial charge is 0.488 e. The Kier molecular flexibility index (Phi) is 4.70. The van der Waals surface area contributed by atoms with Crippen LogP contribution in [0.2, 0.25) is 0 Å². The van der Waals surface area contributed by atoms with Crippen LogP contribution in [-0.2, 0) is 17.5 Å². The molecule has 0 bridgehead atoms. The molecule has 0 saturated carbocycles. The van der Waals surface area contributed by atoms with Gasteiger partial charge < -0.3 is 9.47 Å². The van der Waals surface area contributed by atoms with Crippen LogP contribution in [0.3, 0.4) is 0 Å². The highest BCUT2D eigenvalue weighted by molar-refractivity contribution is 5.89. The van der Waals surface area contributed by atoms with Gasteiger partial charge in [-0.15, -0.1) is 0 Å². The summed E-state index contributed by atoms with van der Waals surface area (Å²) in [6.07, 6.45) is -4.57. The van der Waals surface area contributed by atoms with Crippen LogP contribution in [-0.4, -0.2) is 13.1 Å². The summed E-state index contributed by atoms with van der Waals surface area (Å²) in [5.74, 6) is -1.13. The first kappa shape index (κ1) is 15.9. The maximum atomic E-state index is 13.0. The fourth-order valence-corrected chi connectivity index (χ4v) is 1.86. The van der Waals surface area contributed by atoms with Gasteiger partial charge in [-0.25, -0.2) is 4.79 Å². The summed E-state index contributed by atoms with van der Waals surface area (Å²) >= 11 is 0. The number of alkyl halides is 3. The Balaban J connectivity index is 2.31. The molecule has 0 aliphatic carbocycles. The van der Waals surface area contributed by atoms with E-state index in [1.807, 2.05) is 0 Å². The molecule has 0 amide bonds. The van der Waals surface area contributed by atoms with Crippen molar-refractivity contribution in [2.24, 2.45) is 0 Å². The van der Waals surface area contributed by atoms with Gasteiger partial charge in [0.25, 0.3) is 0 Å². The summed E-state index contributed by atoms with van der Waals surface area (Å²) in [5.41, 5.74) is -0.214. The summed E-state index contributed by atoms with van der Waals surface area (Å²) < 4.78 is 48.7. The molecule has 0 heterocycles. The molecule has 6 heteroatoms. The third-order valence-corrected chi connectivity index (χ3v) is 2.95. The average molecular weight is 310 g/mol. The molecule has 0 atom stereocenters. The molecule has 2 rings (SSSR count). The van der Waals surface area contributed by atoms with Crippen LogP contribution in [0.1, 0.15) is 21.5 Å². The van der Waals surface area contributed by atoms with E-state index in [-0.39, 0.29) is 12.2 Å². The third kappa shape index (κ3) is 3.78. The van der Waals surface area contributed by atoms with Gasteiger partial charge in [0.15, 0.2) is 0 Å². The van der Waals surface area contributed by atoms with Gasteiger partial charge in [-0.2, -0.15) is 13.2 Å². The number of hydrogen-bond donors (Lipinski definition) is 0. The first-order valence-electron chi connectivity index (χ1n) is 6.38. The molecule has 0 N–H and O–H groups in total. The lowest BCUT2D eigenvalue weighted by atomic mass is 10.1. The number of ether oxygens (including phenoxy) is 2. The molecule has 0 saturated heterocycles. The molecule has 2 aromatic carbocycles. The molecule has 0 aromatic heterocycles. The van der Waals surface area contributed by atoms with Crippen molar-refractivity contribution in [3.05, 3.63) is 65.2 Å². The van der Waals surface area contributed by atoms with E-state index in [4.69, 9.17) is 4.74 Å². The minimum absolute atomic E-state index is 0.00133. The van der Waals surface area contributed by atoms with E-state index in [0.29, 0.717) is 0 Å². The van der Waals surface area contributed by atoms with E-state index >= 15 is 0 Å². The lowest BCUT2D eigenvalue weighted by Crippen LogP contribution is -2.11. The summed E-state index contributed by atoms with van der Waals surface area (Å²) in [6, 6.07) is 11.7. The van der Waals surface area contributed by atoms with Crippen LogP contribution < -0.4 is 4.74 Å². The number of halogens is 3. The number of esters is 1. The lowest BCUT2D eigenvalue weighted by molar-refractivity contribution is -0.139. The molecule has 0 unspecified atom stereocenters. The Morgan fingerprint density at radius 3 is 2.36 bits per heavy atom. The Morgan fingerprint density at radius 1 is 1.09 bits per heavy atom. The van der Waals surface area contributed by atoms with Gasteiger partial charge in [0.05, 0.1) is 18.2 Å². The Morgan fingerprint density at radius 2 is 1.77 bits per heavy atom. The minimum atomic E-state index is -4.57. The zero-order valence-electron chi connectivity index (χ0n) is 11.7. The van der Waals surface area contributed by atoms with E-state index in [1.165, 1.54) is 0 Å². The molecule has 116 valence electrons. The second kappa shape index (κ2) is 6.51. The Bertz CT molecular complexity index is 651. The number of carbonyl (C=O) groups excluding carboxylic acids is 1. The summed E-state index contributed by atoms with van der Waals surface area (Å²) in [6.45, 7) is -0.0332. The number of rotatable bonds is 4. The highest BCUT2D eigenvalue weighted by Gasteiger charge is 2.34. The van der Waals surface area contributed by atoms with Crippen LogP contribution >= 0.6 is 0 Å². The number of benzene rings is 2. The molecule has 22 heavy (non-hydrogen) atoms. The summed E-state index contributed by atoms with van der Waals surface area (Å²) in [5, 5.41) is 0. The second-order valence-corrected chi connectivity index (χ2v) is 4.47. The maximum absolute atomic E-state index is 13.0. The van der Waals surface area contributed by atoms with Gasteiger partial charge in [-0.3, -0.25) is 0 Å². The first-order chi connectivity index (χ1) is 10.4. The van der Waals surface area contributed by atoms with Gasteiger partial charge in [0.2, 0.25) is 0 Å². The molecule has 2 aromatic rings. The van der Waals surface area contributed by atoms with Crippen LogP contribution in [0.25, 0.3) is 0 Å². The van der Waals surface area contributed by atoms with Gasteiger partial charge in [-0.1, -0.05) is 30.3 Å². The maximum Gasteiger partial charge on any atom is 0.419 e. The first-order valence-corrected chi connectivity index (χ1v) is 6.38. The van der Waals surface area contributed by atoms with Crippen molar-refractivity contribution in [1.29, 1.82) is 0 Å². The highest BCUT2D eigenvalue weighted by atomic mass is 19.4. The van der Waals surface area contributed by atoms with Crippen LogP contribution in [0.5, 0.6) is 5.75 Å². The average Bonchev–Trinajstić information content (AvgIpc) is 2.52. The number of carbonyl (C=O) groups is 1. The topological polar surface area (TPSA) is 35.5 Å². The van der Waals surface area contributed by atoms with Crippen LogP contribution in [0.4, 0.5) is 13.2 Å². The molecule has 0 radical (unpaired) electrons. The quantitative estimate of drug-likeness (QED) is 0.799. The Labute approximate surface area is 125 Å². The summed E-state index contributed by atoms with van der Waals surface area (Å²) in [4.78, 5) is 11.4. The second-order valence-electron chi connectivity index (χ2n) is 4.47. The van der Waals surface area contributed by atoms with Crippen molar-refractivity contribution in [2.45, 2.75) is 12.8 Å². The van der Waals surface area contributed by atoms with E-state index in [1.54, 1.807) is 30.3 Å². The van der Waals surface area contributed by atoms with Crippen LogP contribution in [0.15, 0.2) is 48.5 Å². The molecule has 3 nitrogen and oxygen atoms in total. The molecule has 0 aliphatic heterocycles. The van der Waals surface area contributed by atoms with Gasteiger partial charge in [0, 0.05) is 0 Å².